The zero-order valence-corrected chi connectivity index (χ0v) is 14.3. The maximum Gasteiger partial charge on any atom is 0.251 e. The van der Waals surface area contributed by atoms with Crippen LogP contribution in [-0.2, 0) is 0 Å². The van der Waals surface area contributed by atoms with Crippen LogP contribution in [0.1, 0.15) is 36.9 Å². The SMILES string of the molecule is Cc1cc([C@@H](C)N)c2nc(N3CCC(F)(F)CC3)n3ccnc3c2c1. The number of benzene rings is 1. The molecule has 0 aliphatic carbocycles. The molecule has 1 saturated heterocycles. The van der Waals surface area contributed by atoms with E-state index >= 15 is 0 Å². The summed E-state index contributed by atoms with van der Waals surface area (Å²) in [7, 11) is 0. The molecule has 4 rings (SSSR count). The predicted molar refractivity (Wildman–Crippen MR) is 94.2 cm³/mol. The molecular formula is C18H21F2N5. The van der Waals surface area contributed by atoms with E-state index in [0.29, 0.717) is 5.95 Å². The average Bonchev–Trinajstić information content (AvgIpc) is 3.03. The van der Waals surface area contributed by atoms with Crippen LogP contribution >= 0.6 is 0 Å². The Hall–Kier alpha value is -2.28. The van der Waals surface area contributed by atoms with E-state index in [2.05, 4.69) is 4.98 Å². The zero-order valence-electron chi connectivity index (χ0n) is 14.3. The molecule has 1 atom stereocenters. The van der Waals surface area contributed by atoms with Crippen molar-refractivity contribution in [3.05, 3.63) is 35.7 Å². The molecule has 2 aromatic heterocycles. The number of piperidine rings is 1. The zero-order chi connectivity index (χ0) is 17.8. The van der Waals surface area contributed by atoms with Crippen molar-refractivity contribution in [3.8, 4) is 0 Å². The Labute approximate surface area is 144 Å². The van der Waals surface area contributed by atoms with Gasteiger partial charge in [0.1, 0.15) is 5.65 Å². The number of hydrogen-bond acceptors (Lipinski definition) is 4. The Balaban J connectivity index is 1.94. The first-order valence-electron chi connectivity index (χ1n) is 8.51. The molecule has 1 aliphatic rings. The van der Waals surface area contributed by atoms with Crippen molar-refractivity contribution in [3.63, 3.8) is 0 Å². The largest absolute Gasteiger partial charge is 0.341 e. The standard InChI is InChI=1S/C18H21F2N5/c1-11-9-13(12(2)21)15-14(10-11)16-22-5-8-25(16)17(23-15)24-6-3-18(19,20)4-7-24/h5,8-10,12H,3-4,6-7,21H2,1-2H3/t12-/m1/s1. The number of halogens is 2. The fraction of sp³-hybridized carbons (Fsp3) is 0.444. The molecule has 5 nitrogen and oxygen atoms in total. The molecule has 0 bridgehead atoms. The predicted octanol–water partition coefficient (Wildman–Crippen LogP) is 3.45. The number of nitrogens with zero attached hydrogens (tertiary/aromatic N) is 4. The first kappa shape index (κ1) is 16.2. The van der Waals surface area contributed by atoms with E-state index < -0.39 is 5.92 Å². The summed E-state index contributed by atoms with van der Waals surface area (Å²) in [6, 6.07) is 3.91. The maximum absolute atomic E-state index is 13.5. The van der Waals surface area contributed by atoms with Gasteiger partial charge in [-0.1, -0.05) is 6.07 Å². The molecule has 1 aliphatic heterocycles. The van der Waals surface area contributed by atoms with Gasteiger partial charge < -0.3 is 10.6 Å². The first-order chi connectivity index (χ1) is 11.9. The molecule has 0 saturated carbocycles. The number of imidazole rings is 1. The van der Waals surface area contributed by atoms with Crippen LogP contribution in [0.3, 0.4) is 0 Å². The summed E-state index contributed by atoms with van der Waals surface area (Å²) in [5.41, 5.74) is 9.77. The second kappa shape index (κ2) is 5.62. The minimum atomic E-state index is -2.59. The summed E-state index contributed by atoms with van der Waals surface area (Å²) in [4.78, 5) is 11.2. The van der Waals surface area contributed by atoms with Crippen molar-refractivity contribution in [2.45, 2.75) is 38.7 Å². The van der Waals surface area contributed by atoms with Crippen LogP contribution in [-0.4, -0.2) is 33.4 Å². The Bertz CT molecular complexity index is 937. The summed E-state index contributed by atoms with van der Waals surface area (Å²) < 4.78 is 28.9. The van der Waals surface area contributed by atoms with Crippen molar-refractivity contribution in [1.82, 2.24) is 14.4 Å². The number of hydrogen-bond donors (Lipinski definition) is 1. The van der Waals surface area contributed by atoms with E-state index in [1.165, 1.54) is 0 Å². The minimum Gasteiger partial charge on any atom is -0.341 e. The van der Waals surface area contributed by atoms with Gasteiger partial charge in [0.2, 0.25) is 5.95 Å². The summed E-state index contributed by atoms with van der Waals surface area (Å²) in [6.45, 7) is 4.49. The van der Waals surface area contributed by atoms with Crippen molar-refractivity contribution >= 4 is 22.5 Å². The molecule has 0 unspecified atom stereocenters. The van der Waals surface area contributed by atoms with E-state index in [1.54, 1.807) is 6.20 Å². The quantitative estimate of drug-likeness (QED) is 0.773. The molecular weight excluding hydrogens is 324 g/mol. The molecule has 25 heavy (non-hydrogen) atoms. The number of anilines is 1. The normalized spacial score (nSPS) is 18.8. The second-order valence-electron chi connectivity index (χ2n) is 6.91. The molecule has 0 radical (unpaired) electrons. The molecule has 3 heterocycles. The summed E-state index contributed by atoms with van der Waals surface area (Å²) in [6.07, 6.45) is 3.23. The van der Waals surface area contributed by atoms with Crippen LogP contribution < -0.4 is 10.6 Å². The van der Waals surface area contributed by atoms with E-state index in [4.69, 9.17) is 10.7 Å². The van der Waals surface area contributed by atoms with Gasteiger partial charge in [-0.25, -0.2) is 18.7 Å². The molecule has 1 aromatic carbocycles. The highest BCUT2D eigenvalue weighted by atomic mass is 19.3. The highest BCUT2D eigenvalue weighted by molar-refractivity contribution is 5.95. The number of aryl methyl sites for hydroxylation is 1. The third-order valence-corrected chi connectivity index (χ3v) is 4.86. The molecule has 0 amide bonds. The average molecular weight is 345 g/mol. The van der Waals surface area contributed by atoms with Crippen LogP contribution in [0.25, 0.3) is 16.6 Å². The Morgan fingerprint density at radius 1 is 1.24 bits per heavy atom. The molecule has 0 spiro atoms. The molecule has 132 valence electrons. The van der Waals surface area contributed by atoms with Crippen LogP contribution in [0.2, 0.25) is 0 Å². The lowest BCUT2D eigenvalue weighted by Crippen LogP contribution is -2.40. The van der Waals surface area contributed by atoms with Crippen molar-refractivity contribution in [2.75, 3.05) is 18.0 Å². The number of aromatic nitrogens is 3. The van der Waals surface area contributed by atoms with Gasteiger partial charge in [0.25, 0.3) is 5.92 Å². The van der Waals surface area contributed by atoms with E-state index in [-0.39, 0.29) is 32.0 Å². The summed E-state index contributed by atoms with van der Waals surface area (Å²) >= 11 is 0. The lowest BCUT2D eigenvalue weighted by atomic mass is 10.0. The molecule has 1 fully saturated rings. The summed E-state index contributed by atoms with van der Waals surface area (Å²) in [5, 5.41) is 0.934. The highest BCUT2D eigenvalue weighted by Crippen LogP contribution is 2.33. The van der Waals surface area contributed by atoms with Gasteiger partial charge >= 0.3 is 0 Å². The van der Waals surface area contributed by atoms with Crippen LogP contribution in [0, 0.1) is 6.92 Å². The van der Waals surface area contributed by atoms with Gasteiger partial charge in [-0.3, -0.25) is 4.40 Å². The van der Waals surface area contributed by atoms with Gasteiger partial charge in [0.05, 0.1) is 5.52 Å². The fourth-order valence-electron chi connectivity index (χ4n) is 3.52. The number of rotatable bonds is 2. The van der Waals surface area contributed by atoms with Gasteiger partial charge in [0, 0.05) is 49.8 Å². The Morgan fingerprint density at radius 2 is 1.96 bits per heavy atom. The van der Waals surface area contributed by atoms with Crippen molar-refractivity contribution in [1.29, 1.82) is 0 Å². The van der Waals surface area contributed by atoms with Gasteiger partial charge in [-0.2, -0.15) is 0 Å². The molecule has 2 N–H and O–H groups in total. The summed E-state index contributed by atoms with van der Waals surface area (Å²) in [5.74, 6) is -1.93. The lowest BCUT2D eigenvalue weighted by molar-refractivity contribution is -0.0222. The van der Waals surface area contributed by atoms with Crippen molar-refractivity contribution < 1.29 is 8.78 Å². The second-order valence-corrected chi connectivity index (χ2v) is 6.91. The van der Waals surface area contributed by atoms with Crippen LogP contribution in [0.4, 0.5) is 14.7 Å². The van der Waals surface area contributed by atoms with Gasteiger partial charge in [0.15, 0.2) is 0 Å². The third-order valence-electron chi connectivity index (χ3n) is 4.86. The Morgan fingerprint density at radius 3 is 2.64 bits per heavy atom. The van der Waals surface area contributed by atoms with E-state index in [1.807, 2.05) is 41.5 Å². The van der Waals surface area contributed by atoms with Crippen LogP contribution in [0.5, 0.6) is 0 Å². The smallest absolute Gasteiger partial charge is 0.251 e. The monoisotopic (exact) mass is 345 g/mol. The lowest BCUT2D eigenvalue weighted by Gasteiger charge is -2.33. The molecule has 7 heteroatoms. The van der Waals surface area contributed by atoms with Crippen molar-refractivity contribution in [2.24, 2.45) is 5.73 Å². The number of nitrogens with two attached hydrogens (primary N) is 1. The topological polar surface area (TPSA) is 59.5 Å². The molecule has 3 aromatic rings. The minimum absolute atomic E-state index is 0.156. The number of alkyl halides is 2. The van der Waals surface area contributed by atoms with Crippen LogP contribution in [0.15, 0.2) is 24.5 Å². The third kappa shape index (κ3) is 2.72. The number of fused-ring (bicyclic) bond motifs is 3. The van der Waals surface area contributed by atoms with E-state index in [9.17, 15) is 8.78 Å². The Kier molecular flexibility index (Phi) is 3.64. The maximum atomic E-state index is 13.5. The van der Waals surface area contributed by atoms with E-state index in [0.717, 1.165) is 27.7 Å². The van der Waals surface area contributed by atoms with Gasteiger partial charge in [-0.05, 0) is 31.0 Å². The highest BCUT2D eigenvalue weighted by Gasteiger charge is 2.35. The first-order valence-corrected chi connectivity index (χ1v) is 8.51. The van der Waals surface area contributed by atoms with Gasteiger partial charge in [-0.15, -0.1) is 0 Å². The fourth-order valence-corrected chi connectivity index (χ4v) is 3.52.